The number of hydrogen-bond acceptors (Lipinski definition) is 5. The lowest BCUT2D eigenvalue weighted by Gasteiger charge is -2.41. The van der Waals surface area contributed by atoms with Crippen molar-refractivity contribution in [1.82, 2.24) is 10.3 Å². The Morgan fingerprint density at radius 3 is 2.56 bits per heavy atom. The van der Waals surface area contributed by atoms with E-state index >= 15 is 0 Å². The second-order valence-corrected chi connectivity index (χ2v) is 11.6. The van der Waals surface area contributed by atoms with Crippen molar-refractivity contribution in [3.05, 3.63) is 87.7 Å². The lowest BCUT2D eigenvalue weighted by Crippen LogP contribution is -2.42. The molecule has 0 aliphatic carbocycles. The van der Waals surface area contributed by atoms with Crippen molar-refractivity contribution in [2.45, 2.75) is 38.4 Å². The van der Waals surface area contributed by atoms with Crippen molar-refractivity contribution in [2.75, 3.05) is 37.2 Å². The van der Waals surface area contributed by atoms with Gasteiger partial charge in [-0.2, -0.15) is 0 Å². The monoisotopic (exact) mass is 582 g/mol. The highest BCUT2D eigenvalue weighted by Crippen LogP contribution is 2.48. The van der Waals surface area contributed by atoms with Crippen LogP contribution in [0.2, 0.25) is 10.0 Å². The van der Waals surface area contributed by atoms with Crippen LogP contribution in [0.5, 0.6) is 5.75 Å². The molecule has 2 aliphatic rings. The number of nitrogens with zero attached hydrogens (tertiary/aromatic N) is 3. The number of ether oxygens (including phenoxy) is 2. The molecule has 3 heterocycles. The van der Waals surface area contributed by atoms with Crippen molar-refractivity contribution in [3.8, 4) is 5.75 Å². The van der Waals surface area contributed by atoms with Gasteiger partial charge in [0.2, 0.25) is 0 Å². The highest BCUT2D eigenvalue weighted by Gasteiger charge is 2.42. The van der Waals surface area contributed by atoms with E-state index in [-0.39, 0.29) is 17.6 Å². The standard InChI is InChI=1S/C30H32Cl2N4O2S/c1-18-17-30(2,3)35(4)25-16-22(31)21(15-20(18)25)28-27(24-8-6-7-11-33-24)34-29(39)36(28)19-9-10-26(23(32)14-19)38-13-12-37-5/h6-11,14-17,27-28H,12-13H2,1-5H3,(H,34,39)/t27-,28+/m1/s1. The molecule has 2 aliphatic heterocycles. The van der Waals surface area contributed by atoms with Crippen LogP contribution in [0.4, 0.5) is 11.4 Å². The Morgan fingerprint density at radius 2 is 1.87 bits per heavy atom. The number of likely N-dealkylation sites (N-methyl/N-ethyl adjacent to an activating group) is 1. The van der Waals surface area contributed by atoms with Gasteiger partial charge in [0.25, 0.3) is 0 Å². The Balaban J connectivity index is 1.63. The Hall–Kier alpha value is -2.84. The summed E-state index contributed by atoms with van der Waals surface area (Å²) in [7, 11) is 3.74. The van der Waals surface area contributed by atoms with E-state index in [0.717, 1.165) is 28.2 Å². The molecule has 0 unspecified atom stereocenters. The second-order valence-electron chi connectivity index (χ2n) is 10.4. The van der Waals surface area contributed by atoms with E-state index in [1.54, 1.807) is 13.3 Å². The zero-order valence-corrected chi connectivity index (χ0v) is 25.0. The lowest BCUT2D eigenvalue weighted by atomic mass is 9.86. The summed E-state index contributed by atoms with van der Waals surface area (Å²) in [5, 5.41) is 5.23. The summed E-state index contributed by atoms with van der Waals surface area (Å²) in [5.41, 5.74) is 6.00. The molecule has 1 fully saturated rings. The van der Waals surface area contributed by atoms with E-state index in [0.29, 0.717) is 34.1 Å². The average Bonchev–Trinajstić information content (AvgIpc) is 3.25. The van der Waals surface area contributed by atoms with Gasteiger partial charge in [0.15, 0.2) is 5.11 Å². The third-order valence-corrected chi connectivity index (χ3v) is 8.43. The lowest BCUT2D eigenvalue weighted by molar-refractivity contribution is 0.146. The fraction of sp³-hybridized carbons (Fsp3) is 0.333. The summed E-state index contributed by atoms with van der Waals surface area (Å²) in [6.07, 6.45) is 4.09. The topological polar surface area (TPSA) is 49.9 Å². The van der Waals surface area contributed by atoms with Crippen LogP contribution in [0.25, 0.3) is 5.57 Å². The maximum Gasteiger partial charge on any atom is 0.174 e. The normalized spacial score (nSPS) is 20.0. The summed E-state index contributed by atoms with van der Waals surface area (Å²) in [5.74, 6) is 0.589. The number of benzene rings is 2. The van der Waals surface area contributed by atoms with Crippen molar-refractivity contribution in [3.63, 3.8) is 0 Å². The van der Waals surface area contributed by atoms with Gasteiger partial charge in [0.1, 0.15) is 12.4 Å². The number of thiocarbonyl (C=S) groups is 1. The van der Waals surface area contributed by atoms with E-state index in [2.05, 4.69) is 66.1 Å². The Morgan fingerprint density at radius 1 is 1.08 bits per heavy atom. The SMILES string of the molecule is COCCOc1ccc(N2C(=S)N[C@H](c3ccccn3)[C@@H]2c2cc3c(cc2Cl)N(C)C(C)(C)C=C3C)cc1Cl. The van der Waals surface area contributed by atoms with Crippen LogP contribution in [-0.2, 0) is 4.74 Å². The molecule has 1 aromatic heterocycles. The third kappa shape index (κ3) is 5.21. The molecule has 6 nitrogen and oxygen atoms in total. The van der Waals surface area contributed by atoms with Crippen LogP contribution in [0.1, 0.15) is 49.7 Å². The molecular weight excluding hydrogens is 551 g/mol. The average molecular weight is 584 g/mol. The number of hydrogen-bond donors (Lipinski definition) is 1. The Labute approximate surface area is 245 Å². The number of methoxy groups -OCH3 is 1. The number of rotatable bonds is 7. The molecule has 0 spiro atoms. The predicted molar refractivity (Wildman–Crippen MR) is 164 cm³/mol. The molecule has 0 amide bonds. The Bertz CT molecular complexity index is 1430. The van der Waals surface area contributed by atoms with Crippen molar-refractivity contribution in [2.24, 2.45) is 0 Å². The van der Waals surface area contributed by atoms with Crippen LogP contribution in [0.3, 0.4) is 0 Å². The van der Waals surface area contributed by atoms with Gasteiger partial charge in [-0.05, 0) is 86.6 Å². The molecule has 1 N–H and O–H groups in total. The fourth-order valence-electron chi connectivity index (χ4n) is 5.36. The highest BCUT2D eigenvalue weighted by atomic mass is 35.5. The first kappa shape index (κ1) is 27.7. The number of halogens is 2. The number of aromatic nitrogens is 1. The molecule has 204 valence electrons. The molecule has 0 saturated carbocycles. The number of nitrogens with one attached hydrogen (secondary N) is 1. The molecule has 2 aromatic carbocycles. The van der Waals surface area contributed by atoms with E-state index in [1.807, 2.05) is 36.4 Å². The molecular formula is C30H32Cl2N4O2S. The molecule has 0 bridgehead atoms. The Kier molecular flexibility index (Phi) is 7.80. The first-order chi connectivity index (χ1) is 18.6. The summed E-state index contributed by atoms with van der Waals surface area (Å²) in [4.78, 5) is 9.00. The number of fused-ring (bicyclic) bond motifs is 1. The number of anilines is 2. The number of pyridine rings is 1. The van der Waals surface area contributed by atoms with Gasteiger partial charge in [0, 0.05) is 42.3 Å². The first-order valence-electron chi connectivity index (χ1n) is 12.8. The quantitative estimate of drug-likeness (QED) is 0.233. The van der Waals surface area contributed by atoms with Crippen LogP contribution in [0.15, 0.2) is 60.8 Å². The second kappa shape index (κ2) is 11.0. The van der Waals surface area contributed by atoms with Gasteiger partial charge in [-0.1, -0.05) is 35.3 Å². The maximum atomic E-state index is 7.11. The molecule has 2 atom stereocenters. The fourth-order valence-corrected chi connectivity index (χ4v) is 6.20. The molecule has 1 saturated heterocycles. The zero-order chi connectivity index (χ0) is 27.9. The summed E-state index contributed by atoms with van der Waals surface area (Å²) in [6.45, 7) is 7.44. The van der Waals surface area contributed by atoms with Gasteiger partial charge in [-0.25, -0.2) is 0 Å². The first-order valence-corrected chi connectivity index (χ1v) is 14.0. The molecule has 0 radical (unpaired) electrons. The molecule has 3 aromatic rings. The van der Waals surface area contributed by atoms with Crippen LogP contribution >= 0.6 is 35.4 Å². The molecule has 9 heteroatoms. The largest absolute Gasteiger partial charge is 0.490 e. The van der Waals surface area contributed by atoms with Gasteiger partial charge in [-0.15, -0.1) is 0 Å². The highest BCUT2D eigenvalue weighted by molar-refractivity contribution is 7.80. The maximum absolute atomic E-state index is 7.11. The minimum atomic E-state index is -0.269. The minimum Gasteiger partial charge on any atom is -0.490 e. The van der Waals surface area contributed by atoms with Crippen molar-refractivity contribution in [1.29, 1.82) is 0 Å². The van der Waals surface area contributed by atoms with E-state index in [1.165, 1.54) is 5.57 Å². The summed E-state index contributed by atoms with van der Waals surface area (Å²) >= 11 is 19.7. The van der Waals surface area contributed by atoms with Crippen LogP contribution < -0.4 is 19.9 Å². The van der Waals surface area contributed by atoms with Gasteiger partial charge in [0.05, 0.1) is 34.9 Å². The summed E-state index contributed by atoms with van der Waals surface area (Å²) < 4.78 is 10.9. The van der Waals surface area contributed by atoms with Gasteiger partial charge < -0.3 is 24.6 Å². The predicted octanol–water partition coefficient (Wildman–Crippen LogP) is 7.22. The van der Waals surface area contributed by atoms with Crippen LogP contribution in [0, 0.1) is 0 Å². The van der Waals surface area contributed by atoms with Gasteiger partial charge in [-0.3, -0.25) is 4.98 Å². The van der Waals surface area contributed by atoms with Gasteiger partial charge >= 0.3 is 0 Å². The smallest absolute Gasteiger partial charge is 0.174 e. The molecule has 39 heavy (non-hydrogen) atoms. The van der Waals surface area contributed by atoms with E-state index in [4.69, 9.17) is 44.9 Å². The van der Waals surface area contributed by atoms with Crippen LogP contribution in [-0.4, -0.2) is 43.0 Å². The minimum absolute atomic E-state index is 0.120. The molecule has 5 rings (SSSR count). The van der Waals surface area contributed by atoms with Crippen molar-refractivity contribution >= 4 is 57.5 Å². The zero-order valence-electron chi connectivity index (χ0n) is 22.7. The van der Waals surface area contributed by atoms with E-state index in [9.17, 15) is 0 Å². The van der Waals surface area contributed by atoms with E-state index < -0.39 is 0 Å². The number of allylic oxidation sites excluding steroid dienone is 1. The summed E-state index contributed by atoms with van der Waals surface area (Å²) in [6, 6.07) is 15.4. The third-order valence-electron chi connectivity index (χ3n) is 7.49. The van der Waals surface area contributed by atoms with Crippen molar-refractivity contribution < 1.29 is 9.47 Å².